The van der Waals surface area contributed by atoms with E-state index in [1.54, 1.807) is 34.6 Å². The van der Waals surface area contributed by atoms with Gasteiger partial charge in [0, 0.05) is 5.46 Å². The molecule has 4 nitrogen and oxygen atoms in total. The molecule has 3 rings (SSSR count). The first-order valence-corrected chi connectivity index (χ1v) is 9.09. The summed E-state index contributed by atoms with van der Waals surface area (Å²) >= 11 is 0. The minimum Gasteiger partial charge on any atom is -0.456 e. The number of hydrogen-bond donors (Lipinski definition) is 0. The zero-order chi connectivity index (χ0) is 21.8. The van der Waals surface area contributed by atoms with E-state index in [1.807, 2.05) is 0 Å². The van der Waals surface area contributed by atoms with Crippen molar-refractivity contribution in [2.45, 2.75) is 58.9 Å². The lowest BCUT2D eigenvalue weighted by atomic mass is 9.75. The van der Waals surface area contributed by atoms with Crippen molar-refractivity contribution in [3.05, 3.63) is 47.0 Å². The summed E-state index contributed by atoms with van der Waals surface area (Å²) in [5, 5.41) is 0. The molecule has 2 heterocycles. The Bertz CT molecular complexity index is 928. The zero-order valence-corrected chi connectivity index (χ0v) is 17.1. The average molecular weight is 411 g/mol. The molecule has 0 atom stereocenters. The fourth-order valence-corrected chi connectivity index (χ4v) is 3.07. The van der Waals surface area contributed by atoms with Crippen molar-refractivity contribution >= 4 is 12.6 Å². The van der Waals surface area contributed by atoms with Crippen molar-refractivity contribution in [2.75, 3.05) is 0 Å². The first-order valence-electron chi connectivity index (χ1n) is 9.09. The van der Waals surface area contributed by atoms with E-state index >= 15 is 0 Å². The van der Waals surface area contributed by atoms with Gasteiger partial charge in [0.05, 0.1) is 17.4 Å². The van der Waals surface area contributed by atoms with Crippen LogP contribution in [0.1, 0.15) is 44.5 Å². The fourth-order valence-electron chi connectivity index (χ4n) is 3.07. The summed E-state index contributed by atoms with van der Waals surface area (Å²) in [7, 11) is -1.08. The van der Waals surface area contributed by atoms with Crippen LogP contribution >= 0.6 is 0 Å². The molecule has 0 saturated carbocycles. The van der Waals surface area contributed by atoms with Crippen LogP contribution in [0.4, 0.5) is 17.6 Å². The lowest BCUT2D eigenvalue weighted by molar-refractivity contribution is -0.141. The predicted octanol–water partition coefficient (Wildman–Crippen LogP) is 4.95. The summed E-state index contributed by atoms with van der Waals surface area (Å²) in [4.78, 5) is 3.56. The van der Waals surface area contributed by atoms with Gasteiger partial charge in [0.2, 0.25) is 0 Å². The van der Waals surface area contributed by atoms with Crippen LogP contribution in [0.25, 0.3) is 0 Å². The quantitative estimate of drug-likeness (QED) is 0.530. The summed E-state index contributed by atoms with van der Waals surface area (Å²) in [6, 6.07) is 3.89. The summed E-state index contributed by atoms with van der Waals surface area (Å²) < 4.78 is 71.6. The normalized spacial score (nSPS) is 18.2. The van der Waals surface area contributed by atoms with Crippen LogP contribution in [-0.2, 0) is 15.5 Å². The van der Waals surface area contributed by atoms with Crippen LogP contribution in [0.3, 0.4) is 0 Å². The number of pyridine rings is 1. The van der Waals surface area contributed by atoms with Gasteiger partial charge in [-0.05, 0) is 70.9 Å². The van der Waals surface area contributed by atoms with Gasteiger partial charge >= 0.3 is 13.3 Å². The van der Waals surface area contributed by atoms with Crippen LogP contribution in [-0.4, -0.2) is 23.3 Å². The van der Waals surface area contributed by atoms with Gasteiger partial charge in [-0.3, -0.25) is 0 Å². The molecule has 0 N–H and O–H groups in total. The Morgan fingerprint density at radius 3 is 2.10 bits per heavy atom. The molecule has 9 heteroatoms. The van der Waals surface area contributed by atoms with E-state index in [0.717, 1.165) is 6.20 Å². The van der Waals surface area contributed by atoms with E-state index in [-0.39, 0.29) is 16.8 Å². The fraction of sp³-hybridized carbons (Fsp3) is 0.450. The van der Waals surface area contributed by atoms with Crippen LogP contribution in [0.15, 0.2) is 24.4 Å². The summed E-state index contributed by atoms with van der Waals surface area (Å²) in [5.74, 6) is -0.0865. The number of rotatable bonds is 3. The van der Waals surface area contributed by atoms with Gasteiger partial charge in [-0.2, -0.15) is 13.2 Å². The van der Waals surface area contributed by atoms with E-state index in [9.17, 15) is 17.6 Å². The molecule has 0 unspecified atom stereocenters. The molecule has 0 spiro atoms. The van der Waals surface area contributed by atoms with Crippen molar-refractivity contribution in [2.24, 2.45) is 0 Å². The molecule has 0 radical (unpaired) electrons. The lowest BCUT2D eigenvalue weighted by Gasteiger charge is -2.32. The second kappa shape index (κ2) is 6.99. The van der Waals surface area contributed by atoms with E-state index in [4.69, 9.17) is 14.0 Å². The third kappa shape index (κ3) is 3.98. The number of aryl methyl sites for hydroxylation is 1. The number of hydrogen-bond acceptors (Lipinski definition) is 4. The van der Waals surface area contributed by atoms with E-state index in [0.29, 0.717) is 11.3 Å². The monoisotopic (exact) mass is 411 g/mol. The highest BCUT2D eigenvalue weighted by Gasteiger charge is 2.53. The Morgan fingerprint density at radius 1 is 1.00 bits per heavy atom. The summed E-state index contributed by atoms with van der Waals surface area (Å²) in [6.07, 6.45) is -3.65. The second-order valence-corrected chi connectivity index (χ2v) is 8.11. The highest BCUT2D eigenvalue weighted by Crippen LogP contribution is 2.39. The van der Waals surface area contributed by atoms with Gasteiger partial charge in [0.25, 0.3) is 0 Å². The molecule has 0 amide bonds. The molecule has 1 aliphatic rings. The Hall–Kier alpha value is -2.13. The minimum atomic E-state index is -4.65. The van der Waals surface area contributed by atoms with Gasteiger partial charge < -0.3 is 14.0 Å². The largest absolute Gasteiger partial charge is 0.499 e. The Labute approximate surface area is 167 Å². The third-order valence-electron chi connectivity index (χ3n) is 5.45. The van der Waals surface area contributed by atoms with E-state index in [1.165, 1.54) is 25.1 Å². The molecule has 1 aromatic heterocycles. The maximum atomic E-state index is 13.5. The second-order valence-electron chi connectivity index (χ2n) is 8.11. The standard InChI is InChI=1S/C20H22BF4NO3/c1-11-9-13(22)7-8-14(11)27-15-10-26-17(20(23,24)25)12(2)16(15)21-28-18(3,4)19(5,6)29-21/h7-10H,1-6H3. The van der Waals surface area contributed by atoms with Crippen molar-refractivity contribution < 1.29 is 31.6 Å². The minimum absolute atomic E-state index is 0.0590. The Kier molecular flexibility index (Phi) is 5.20. The molecule has 1 saturated heterocycles. The highest BCUT2D eigenvalue weighted by molar-refractivity contribution is 6.63. The van der Waals surface area contributed by atoms with E-state index in [2.05, 4.69) is 4.98 Å². The summed E-state index contributed by atoms with van der Waals surface area (Å²) in [5.41, 5.74) is -2.10. The van der Waals surface area contributed by atoms with Crippen molar-refractivity contribution in [3.63, 3.8) is 0 Å². The maximum absolute atomic E-state index is 13.5. The molecule has 29 heavy (non-hydrogen) atoms. The molecule has 1 aromatic carbocycles. The zero-order valence-electron chi connectivity index (χ0n) is 17.1. The topological polar surface area (TPSA) is 40.6 Å². The van der Waals surface area contributed by atoms with Gasteiger partial charge in [-0.25, -0.2) is 9.37 Å². The highest BCUT2D eigenvalue weighted by atomic mass is 19.4. The molecular weight excluding hydrogens is 389 g/mol. The SMILES string of the molecule is Cc1cc(F)ccc1Oc1cnc(C(F)(F)F)c(C)c1B1OC(C)(C)C(C)(C)O1. The van der Waals surface area contributed by atoms with Gasteiger partial charge in [0.1, 0.15) is 23.0 Å². The van der Waals surface area contributed by atoms with Gasteiger partial charge in [0.15, 0.2) is 0 Å². The van der Waals surface area contributed by atoms with Crippen LogP contribution in [0.2, 0.25) is 0 Å². The number of ether oxygens (including phenoxy) is 1. The van der Waals surface area contributed by atoms with Crippen molar-refractivity contribution in [1.82, 2.24) is 4.98 Å². The first kappa shape index (κ1) is 21.6. The van der Waals surface area contributed by atoms with Gasteiger partial charge in [-0.1, -0.05) is 0 Å². The molecular formula is C20H22BF4NO3. The first-order chi connectivity index (χ1) is 13.2. The van der Waals surface area contributed by atoms with Gasteiger partial charge in [-0.15, -0.1) is 0 Å². The van der Waals surface area contributed by atoms with E-state index < -0.39 is 36.0 Å². The Morgan fingerprint density at radius 2 is 1.59 bits per heavy atom. The van der Waals surface area contributed by atoms with Crippen molar-refractivity contribution in [3.8, 4) is 11.5 Å². The molecule has 1 aliphatic heterocycles. The number of aromatic nitrogens is 1. The summed E-state index contributed by atoms with van der Waals surface area (Å²) in [6.45, 7) is 10.2. The molecule has 156 valence electrons. The van der Waals surface area contributed by atoms with Crippen LogP contribution < -0.4 is 10.2 Å². The molecule has 1 fully saturated rings. The number of nitrogens with zero attached hydrogens (tertiary/aromatic N) is 1. The lowest BCUT2D eigenvalue weighted by Crippen LogP contribution is -2.41. The molecule has 2 aromatic rings. The predicted molar refractivity (Wildman–Crippen MR) is 101 cm³/mol. The molecule has 0 bridgehead atoms. The number of alkyl halides is 3. The molecule has 0 aliphatic carbocycles. The smallest absolute Gasteiger partial charge is 0.456 e. The number of benzene rings is 1. The Balaban J connectivity index is 2.13. The van der Waals surface area contributed by atoms with Crippen LogP contribution in [0.5, 0.6) is 11.5 Å². The third-order valence-corrected chi connectivity index (χ3v) is 5.45. The maximum Gasteiger partial charge on any atom is 0.499 e. The van der Waals surface area contributed by atoms with Crippen LogP contribution in [0, 0.1) is 19.7 Å². The number of halogens is 4. The average Bonchev–Trinajstić information content (AvgIpc) is 2.76. The van der Waals surface area contributed by atoms with Crippen molar-refractivity contribution in [1.29, 1.82) is 0 Å².